The van der Waals surface area contributed by atoms with Crippen molar-refractivity contribution >= 4 is 22.5 Å². The minimum Gasteiger partial charge on any atom is -0.320 e. The highest BCUT2D eigenvalue weighted by Gasteiger charge is 2.32. The van der Waals surface area contributed by atoms with Crippen LogP contribution in [0.1, 0.15) is 6.04 Å². The van der Waals surface area contributed by atoms with Gasteiger partial charge in [0.1, 0.15) is 0 Å². The van der Waals surface area contributed by atoms with Gasteiger partial charge in [0.2, 0.25) is 0 Å². The van der Waals surface area contributed by atoms with Crippen molar-refractivity contribution in [1.29, 1.82) is 0 Å². The van der Waals surface area contributed by atoms with Crippen molar-refractivity contribution in [3.63, 3.8) is 0 Å². The van der Waals surface area contributed by atoms with Crippen LogP contribution in [-0.2, 0) is 0 Å². The lowest BCUT2D eigenvalue weighted by Gasteiger charge is -2.38. The molecule has 0 aliphatic carbocycles. The summed E-state index contributed by atoms with van der Waals surface area (Å²) in [6.45, 7) is 1.24. The highest BCUT2D eigenvalue weighted by molar-refractivity contribution is 7.14. The lowest BCUT2D eigenvalue weighted by atomic mass is 10.1. The normalized spacial score (nSPS) is 14.5. The summed E-state index contributed by atoms with van der Waals surface area (Å²) in [5, 5.41) is 13.0. The van der Waals surface area contributed by atoms with Crippen LogP contribution >= 0.6 is 11.3 Å². The van der Waals surface area contributed by atoms with Gasteiger partial charge in [-0.2, -0.15) is 0 Å². The molecule has 23 heavy (non-hydrogen) atoms. The number of nitrogens with one attached hydrogen (secondary N) is 1. The van der Waals surface area contributed by atoms with E-state index in [1.807, 2.05) is 17.5 Å². The molecular weight excluding hydrogens is 314 g/mol. The molecule has 3 aromatic rings. The zero-order valence-electron chi connectivity index (χ0n) is 12.0. The van der Waals surface area contributed by atoms with Crippen molar-refractivity contribution in [2.45, 2.75) is 6.04 Å². The highest BCUT2D eigenvalue weighted by atomic mass is 32.1. The summed E-state index contributed by atoms with van der Waals surface area (Å²) in [6.07, 6.45) is 6.91. The number of pyridine rings is 1. The van der Waals surface area contributed by atoms with Crippen molar-refractivity contribution in [2.24, 2.45) is 0 Å². The standard InChI is InChI=1S/C14H13N7OS/c22-14(20-7-11(8-20)21-5-4-16-19-21)18-13-17-12(9-23-13)10-2-1-3-15-6-10/h1-6,9,11H,7-8H2,(H,17,18,22). The second kappa shape index (κ2) is 5.76. The van der Waals surface area contributed by atoms with Crippen LogP contribution in [0.25, 0.3) is 11.3 Å². The third-order valence-corrected chi connectivity index (χ3v) is 4.40. The maximum absolute atomic E-state index is 12.2. The van der Waals surface area contributed by atoms with E-state index < -0.39 is 0 Å². The van der Waals surface area contributed by atoms with Gasteiger partial charge in [-0.25, -0.2) is 14.5 Å². The molecule has 2 amide bonds. The van der Waals surface area contributed by atoms with Gasteiger partial charge in [0.25, 0.3) is 0 Å². The Hall–Kier alpha value is -2.81. The molecule has 0 saturated carbocycles. The van der Waals surface area contributed by atoms with Crippen LogP contribution in [0.15, 0.2) is 42.3 Å². The SMILES string of the molecule is O=C(Nc1nc(-c2cccnc2)cs1)N1CC(n2ccnn2)C1. The Balaban J connectivity index is 1.36. The smallest absolute Gasteiger partial charge is 0.320 e. The maximum Gasteiger partial charge on any atom is 0.323 e. The molecule has 1 fully saturated rings. The number of thiazole rings is 1. The number of nitrogens with zero attached hydrogens (tertiary/aromatic N) is 6. The lowest BCUT2D eigenvalue weighted by molar-refractivity contribution is 0.127. The molecule has 4 rings (SSSR count). The summed E-state index contributed by atoms with van der Waals surface area (Å²) < 4.78 is 1.77. The number of likely N-dealkylation sites (tertiary alicyclic amines) is 1. The summed E-state index contributed by atoms with van der Waals surface area (Å²) in [5.74, 6) is 0. The van der Waals surface area contributed by atoms with E-state index in [0.29, 0.717) is 18.2 Å². The number of carbonyl (C=O) groups excluding carboxylic acids is 1. The van der Waals surface area contributed by atoms with Gasteiger partial charge in [0.15, 0.2) is 5.13 Å². The monoisotopic (exact) mass is 327 g/mol. The average Bonchev–Trinajstić information content (AvgIpc) is 3.19. The van der Waals surface area contributed by atoms with E-state index >= 15 is 0 Å². The molecule has 0 radical (unpaired) electrons. The average molecular weight is 327 g/mol. The van der Waals surface area contributed by atoms with Gasteiger partial charge in [0, 0.05) is 42.6 Å². The van der Waals surface area contributed by atoms with Gasteiger partial charge in [-0.15, -0.1) is 16.4 Å². The van der Waals surface area contributed by atoms with Gasteiger partial charge in [-0.05, 0) is 12.1 Å². The van der Waals surface area contributed by atoms with E-state index in [2.05, 4.69) is 25.6 Å². The van der Waals surface area contributed by atoms with E-state index in [1.54, 1.807) is 34.4 Å². The molecule has 8 nitrogen and oxygen atoms in total. The largest absolute Gasteiger partial charge is 0.323 e. The Labute approximate surface area is 135 Å². The number of anilines is 1. The van der Waals surface area contributed by atoms with Gasteiger partial charge >= 0.3 is 6.03 Å². The summed E-state index contributed by atoms with van der Waals surface area (Å²) in [7, 11) is 0. The molecule has 1 N–H and O–H groups in total. The first kappa shape index (κ1) is 13.8. The fourth-order valence-electron chi connectivity index (χ4n) is 2.35. The fraction of sp³-hybridized carbons (Fsp3) is 0.214. The molecule has 0 spiro atoms. The maximum atomic E-state index is 12.2. The van der Waals surface area contributed by atoms with E-state index in [-0.39, 0.29) is 12.1 Å². The van der Waals surface area contributed by atoms with Crippen LogP contribution in [0.5, 0.6) is 0 Å². The molecule has 0 unspecified atom stereocenters. The first-order valence-corrected chi connectivity index (χ1v) is 7.95. The van der Waals surface area contributed by atoms with E-state index in [1.165, 1.54) is 11.3 Å². The first-order chi connectivity index (χ1) is 11.3. The summed E-state index contributed by atoms with van der Waals surface area (Å²) in [5.41, 5.74) is 1.74. The fourth-order valence-corrected chi connectivity index (χ4v) is 3.06. The summed E-state index contributed by atoms with van der Waals surface area (Å²) in [6, 6.07) is 3.85. The summed E-state index contributed by atoms with van der Waals surface area (Å²) in [4.78, 5) is 22.4. The zero-order chi connectivity index (χ0) is 15.6. The van der Waals surface area contributed by atoms with Crippen molar-refractivity contribution in [2.75, 3.05) is 18.4 Å². The third-order valence-electron chi connectivity index (χ3n) is 3.64. The predicted octanol–water partition coefficient (Wildman–Crippen LogP) is 1.89. The van der Waals surface area contributed by atoms with Crippen LogP contribution in [0.2, 0.25) is 0 Å². The Morgan fingerprint density at radius 1 is 1.35 bits per heavy atom. The second-order valence-electron chi connectivity index (χ2n) is 5.15. The molecule has 1 aliphatic rings. The van der Waals surface area contributed by atoms with Gasteiger partial charge in [-0.3, -0.25) is 10.3 Å². The Morgan fingerprint density at radius 3 is 3.00 bits per heavy atom. The number of carbonyl (C=O) groups is 1. The van der Waals surface area contributed by atoms with Crippen molar-refractivity contribution in [3.8, 4) is 11.3 Å². The molecule has 4 heterocycles. The molecule has 3 aromatic heterocycles. The number of rotatable bonds is 3. The van der Waals surface area contributed by atoms with Gasteiger partial charge in [0.05, 0.1) is 17.9 Å². The predicted molar refractivity (Wildman–Crippen MR) is 85.0 cm³/mol. The van der Waals surface area contributed by atoms with Gasteiger partial charge < -0.3 is 4.90 Å². The molecule has 0 atom stereocenters. The van der Waals surface area contributed by atoms with Crippen LogP contribution in [-0.4, -0.2) is 49.0 Å². The van der Waals surface area contributed by atoms with Gasteiger partial charge in [-0.1, -0.05) is 5.21 Å². The molecule has 9 heteroatoms. The third kappa shape index (κ3) is 2.78. The van der Waals surface area contributed by atoms with Crippen LogP contribution < -0.4 is 5.32 Å². The Bertz CT molecular complexity index is 796. The minimum atomic E-state index is -0.145. The number of urea groups is 1. The van der Waals surface area contributed by atoms with Crippen LogP contribution in [0.3, 0.4) is 0 Å². The molecular formula is C14H13N7OS. The highest BCUT2D eigenvalue weighted by Crippen LogP contribution is 2.26. The Kier molecular flexibility index (Phi) is 3.46. The molecule has 0 aromatic carbocycles. The van der Waals surface area contributed by atoms with Crippen molar-refractivity contribution in [1.82, 2.24) is 29.9 Å². The number of aromatic nitrogens is 5. The van der Waals surface area contributed by atoms with E-state index in [0.717, 1.165) is 11.3 Å². The number of hydrogen-bond acceptors (Lipinski definition) is 6. The quantitative estimate of drug-likeness (QED) is 0.793. The van der Waals surface area contributed by atoms with E-state index in [9.17, 15) is 4.79 Å². The van der Waals surface area contributed by atoms with Crippen molar-refractivity contribution in [3.05, 3.63) is 42.3 Å². The minimum absolute atomic E-state index is 0.145. The molecule has 116 valence electrons. The second-order valence-corrected chi connectivity index (χ2v) is 6.01. The van der Waals surface area contributed by atoms with Crippen LogP contribution in [0.4, 0.5) is 9.93 Å². The number of amides is 2. The molecule has 1 aliphatic heterocycles. The number of hydrogen-bond donors (Lipinski definition) is 1. The molecule has 1 saturated heterocycles. The molecule has 0 bridgehead atoms. The zero-order valence-corrected chi connectivity index (χ0v) is 12.8. The Morgan fingerprint density at radius 2 is 2.26 bits per heavy atom. The lowest BCUT2D eigenvalue weighted by Crippen LogP contribution is -2.52. The topological polar surface area (TPSA) is 88.8 Å². The summed E-state index contributed by atoms with van der Waals surface area (Å²) >= 11 is 1.40. The first-order valence-electron chi connectivity index (χ1n) is 7.07. The van der Waals surface area contributed by atoms with Crippen molar-refractivity contribution < 1.29 is 4.79 Å². The van der Waals surface area contributed by atoms with E-state index in [4.69, 9.17) is 0 Å². The van der Waals surface area contributed by atoms with Crippen LogP contribution in [0, 0.1) is 0 Å².